The average molecular weight is 353 g/mol. The molecule has 8 heteroatoms. The minimum Gasteiger partial charge on any atom is -0.435 e. The maximum atomic E-state index is 5.97. The van der Waals surface area contributed by atoms with E-state index in [9.17, 15) is 0 Å². The van der Waals surface area contributed by atoms with Gasteiger partial charge >= 0.3 is 0 Å². The zero-order valence-corrected chi connectivity index (χ0v) is 13.9. The molecule has 1 N–H and O–H groups in total. The van der Waals surface area contributed by atoms with E-state index in [2.05, 4.69) is 30.1 Å². The van der Waals surface area contributed by atoms with Crippen molar-refractivity contribution in [1.29, 1.82) is 0 Å². The molecule has 0 aliphatic rings. The van der Waals surface area contributed by atoms with Crippen LogP contribution in [0, 0.1) is 0 Å². The summed E-state index contributed by atoms with van der Waals surface area (Å²) < 4.78 is 7.85. The first-order chi connectivity index (χ1) is 13.3. The summed E-state index contributed by atoms with van der Waals surface area (Å²) in [5.41, 5.74) is 5.30. The maximum absolute atomic E-state index is 5.97. The molecule has 0 bridgehead atoms. The molecule has 27 heavy (non-hydrogen) atoms. The molecule has 0 radical (unpaired) electrons. The highest BCUT2D eigenvalue weighted by Crippen LogP contribution is 2.29. The summed E-state index contributed by atoms with van der Waals surface area (Å²) >= 11 is 0. The summed E-state index contributed by atoms with van der Waals surface area (Å²) in [6.07, 6.45) is 7.15. The van der Waals surface area contributed by atoms with Crippen LogP contribution in [-0.4, -0.2) is 34.5 Å². The van der Waals surface area contributed by atoms with Gasteiger partial charge in [0.15, 0.2) is 16.9 Å². The Bertz CT molecular complexity index is 1440. The Morgan fingerprint density at radius 3 is 3.04 bits per heavy atom. The monoisotopic (exact) mass is 353 g/mol. The lowest BCUT2D eigenvalue weighted by atomic mass is 10.1. The second-order valence-corrected chi connectivity index (χ2v) is 6.15. The van der Waals surface area contributed by atoms with Crippen molar-refractivity contribution >= 4 is 27.8 Å². The molecule has 1 aromatic carbocycles. The Kier molecular flexibility index (Phi) is 2.73. The standard InChI is InChI=1S/C19H11N7O/c1-6-20-18-16(21-10-26(18)7-1)11-2-4-13-15(8-11)27-19(24-13)14-5-3-12-9-22-25-17(12)23-14/h1-10H,(H,22,23,25). The minimum atomic E-state index is 0.464. The number of nitrogens with one attached hydrogen (secondary N) is 1. The van der Waals surface area contributed by atoms with Gasteiger partial charge in [-0.1, -0.05) is 6.07 Å². The number of rotatable bonds is 2. The number of nitrogens with zero attached hydrogens (tertiary/aromatic N) is 6. The number of hydrogen-bond donors (Lipinski definition) is 1. The van der Waals surface area contributed by atoms with E-state index in [0.717, 1.165) is 27.8 Å². The molecule has 0 unspecified atom stereocenters. The van der Waals surface area contributed by atoms with Crippen LogP contribution < -0.4 is 0 Å². The van der Waals surface area contributed by atoms with Gasteiger partial charge in [0.25, 0.3) is 0 Å². The minimum absolute atomic E-state index is 0.464. The van der Waals surface area contributed by atoms with E-state index in [4.69, 9.17) is 4.42 Å². The first kappa shape index (κ1) is 14.1. The second-order valence-electron chi connectivity index (χ2n) is 6.15. The average Bonchev–Trinajstić information content (AvgIpc) is 3.43. The topological polar surface area (TPSA) is 97.8 Å². The number of aromatic amines is 1. The van der Waals surface area contributed by atoms with Gasteiger partial charge in [0.2, 0.25) is 5.89 Å². The Morgan fingerprint density at radius 2 is 2.04 bits per heavy atom. The molecule has 8 nitrogen and oxygen atoms in total. The van der Waals surface area contributed by atoms with Gasteiger partial charge in [-0.2, -0.15) is 5.10 Å². The molecule has 5 aromatic heterocycles. The molecule has 0 saturated heterocycles. The molecular formula is C19H11N7O. The Hall–Kier alpha value is -4.07. The second kappa shape index (κ2) is 5.21. The molecule has 0 fully saturated rings. The highest BCUT2D eigenvalue weighted by atomic mass is 16.3. The lowest BCUT2D eigenvalue weighted by molar-refractivity contribution is 0.617. The van der Waals surface area contributed by atoms with Crippen LogP contribution in [0.4, 0.5) is 0 Å². The van der Waals surface area contributed by atoms with Gasteiger partial charge in [-0.05, 0) is 30.3 Å². The van der Waals surface area contributed by atoms with Gasteiger partial charge in [-0.3, -0.25) is 9.50 Å². The SMILES string of the molecule is c1cnc2c(-c3ccc4nc(-c5ccc6cn[nH]c6n5)oc4c3)ncn2c1. The molecule has 0 amide bonds. The van der Waals surface area contributed by atoms with Crippen LogP contribution in [0.2, 0.25) is 0 Å². The van der Waals surface area contributed by atoms with Gasteiger partial charge in [0.1, 0.15) is 23.2 Å². The third-order valence-corrected chi connectivity index (χ3v) is 4.48. The van der Waals surface area contributed by atoms with Crippen molar-refractivity contribution in [2.45, 2.75) is 0 Å². The quantitative estimate of drug-likeness (QED) is 0.512. The fourth-order valence-electron chi connectivity index (χ4n) is 3.17. The van der Waals surface area contributed by atoms with E-state index in [1.807, 2.05) is 47.0 Å². The summed E-state index contributed by atoms with van der Waals surface area (Å²) in [5.74, 6) is 0.464. The molecule has 0 aliphatic carbocycles. The number of fused-ring (bicyclic) bond motifs is 3. The molecule has 0 aliphatic heterocycles. The van der Waals surface area contributed by atoms with Crippen molar-refractivity contribution < 1.29 is 4.42 Å². The summed E-state index contributed by atoms with van der Waals surface area (Å²) in [6, 6.07) is 11.5. The van der Waals surface area contributed by atoms with Crippen molar-refractivity contribution in [2.75, 3.05) is 0 Å². The predicted octanol–water partition coefficient (Wildman–Crippen LogP) is 3.48. The van der Waals surface area contributed by atoms with Crippen molar-refractivity contribution in [3.8, 4) is 22.8 Å². The molecular weight excluding hydrogens is 342 g/mol. The zero-order chi connectivity index (χ0) is 17.8. The first-order valence-electron chi connectivity index (χ1n) is 8.34. The molecule has 6 rings (SSSR count). The Labute approximate surface area is 151 Å². The van der Waals surface area contributed by atoms with Crippen molar-refractivity contribution in [3.63, 3.8) is 0 Å². The molecule has 6 aromatic rings. The number of aromatic nitrogens is 7. The Balaban J connectivity index is 1.49. The summed E-state index contributed by atoms with van der Waals surface area (Å²) in [4.78, 5) is 18.0. The van der Waals surface area contributed by atoms with E-state index < -0.39 is 0 Å². The number of oxazole rings is 1. The third kappa shape index (κ3) is 2.13. The van der Waals surface area contributed by atoms with Crippen molar-refractivity contribution in [2.24, 2.45) is 0 Å². The van der Waals surface area contributed by atoms with E-state index in [1.54, 1.807) is 18.7 Å². The number of hydrogen-bond acceptors (Lipinski definition) is 6. The third-order valence-electron chi connectivity index (χ3n) is 4.48. The zero-order valence-electron chi connectivity index (χ0n) is 13.9. The predicted molar refractivity (Wildman–Crippen MR) is 98.9 cm³/mol. The lowest BCUT2D eigenvalue weighted by Gasteiger charge is -1.97. The Morgan fingerprint density at radius 1 is 1.04 bits per heavy atom. The van der Waals surface area contributed by atoms with Gasteiger partial charge in [-0.25, -0.2) is 19.9 Å². The molecule has 5 heterocycles. The van der Waals surface area contributed by atoms with Crippen molar-refractivity contribution in [3.05, 3.63) is 61.3 Å². The van der Waals surface area contributed by atoms with Crippen LogP contribution in [0.3, 0.4) is 0 Å². The summed E-state index contributed by atoms with van der Waals surface area (Å²) in [7, 11) is 0. The molecule has 128 valence electrons. The van der Waals surface area contributed by atoms with Crippen LogP contribution in [0.25, 0.3) is 50.6 Å². The van der Waals surface area contributed by atoms with Gasteiger partial charge in [0.05, 0.1) is 6.20 Å². The smallest absolute Gasteiger partial charge is 0.246 e. The van der Waals surface area contributed by atoms with Gasteiger partial charge in [0, 0.05) is 23.3 Å². The van der Waals surface area contributed by atoms with Crippen LogP contribution in [0.5, 0.6) is 0 Å². The highest BCUT2D eigenvalue weighted by Gasteiger charge is 2.14. The largest absolute Gasteiger partial charge is 0.435 e. The summed E-state index contributed by atoms with van der Waals surface area (Å²) in [6.45, 7) is 0. The first-order valence-corrected chi connectivity index (χ1v) is 8.34. The normalized spacial score (nSPS) is 11.7. The molecule has 0 spiro atoms. The van der Waals surface area contributed by atoms with Crippen LogP contribution >= 0.6 is 0 Å². The molecule has 0 saturated carbocycles. The van der Waals surface area contributed by atoms with E-state index in [0.29, 0.717) is 22.8 Å². The van der Waals surface area contributed by atoms with Gasteiger partial charge < -0.3 is 4.42 Å². The van der Waals surface area contributed by atoms with Crippen LogP contribution in [0.15, 0.2) is 65.7 Å². The van der Waals surface area contributed by atoms with E-state index in [1.165, 1.54) is 0 Å². The van der Waals surface area contributed by atoms with E-state index >= 15 is 0 Å². The highest BCUT2D eigenvalue weighted by molar-refractivity contribution is 5.85. The van der Waals surface area contributed by atoms with E-state index in [-0.39, 0.29) is 0 Å². The number of benzene rings is 1. The fourth-order valence-corrected chi connectivity index (χ4v) is 3.17. The maximum Gasteiger partial charge on any atom is 0.246 e. The molecule has 0 atom stereocenters. The fraction of sp³-hybridized carbons (Fsp3) is 0. The lowest BCUT2D eigenvalue weighted by Crippen LogP contribution is -1.85. The number of pyridine rings is 1. The van der Waals surface area contributed by atoms with Crippen LogP contribution in [0.1, 0.15) is 0 Å². The summed E-state index contributed by atoms with van der Waals surface area (Å²) in [5, 5.41) is 7.79. The number of imidazole rings is 1. The van der Waals surface area contributed by atoms with Crippen molar-refractivity contribution in [1.82, 2.24) is 34.5 Å². The van der Waals surface area contributed by atoms with Gasteiger partial charge in [-0.15, -0.1) is 0 Å². The van der Waals surface area contributed by atoms with Crippen LogP contribution in [-0.2, 0) is 0 Å². The number of H-pyrrole nitrogens is 1.